The molecule has 0 spiro atoms. The molecule has 1 N–H and O–H groups in total. The average Bonchev–Trinajstić information content (AvgIpc) is 2.82. The maximum atomic E-state index is 13.4. The second-order valence-electron chi connectivity index (χ2n) is 4.25. The number of thiazole rings is 1. The first-order chi connectivity index (χ1) is 9.56. The van der Waals surface area contributed by atoms with Gasteiger partial charge in [0.2, 0.25) is 5.91 Å². The maximum Gasteiger partial charge on any atom is 0.226 e. The van der Waals surface area contributed by atoms with E-state index in [0.717, 1.165) is 5.69 Å². The number of benzene rings is 1. The molecule has 1 aromatic carbocycles. The summed E-state index contributed by atoms with van der Waals surface area (Å²) in [5, 5.41) is 4.93. The van der Waals surface area contributed by atoms with E-state index >= 15 is 0 Å². The fourth-order valence-corrected chi connectivity index (χ4v) is 2.35. The van der Waals surface area contributed by atoms with E-state index in [2.05, 4.69) is 10.3 Å². The number of carbonyl (C=O) groups is 2. The number of Topliss-reactive ketones (excluding diaryl/α,β-unsaturated/α-hetero) is 1. The minimum Gasteiger partial charge on any atom is -0.302 e. The monoisotopic (exact) mass is 292 g/mol. The Labute approximate surface area is 119 Å². The maximum absolute atomic E-state index is 13.4. The van der Waals surface area contributed by atoms with Gasteiger partial charge in [0.25, 0.3) is 0 Å². The van der Waals surface area contributed by atoms with Gasteiger partial charge in [-0.15, -0.1) is 11.3 Å². The highest BCUT2D eigenvalue weighted by molar-refractivity contribution is 7.13. The van der Waals surface area contributed by atoms with Crippen LogP contribution in [0.5, 0.6) is 0 Å². The summed E-state index contributed by atoms with van der Waals surface area (Å²) in [6, 6.07) is 5.75. The van der Waals surface area contributed by atoms with Gasteiger partial charge in [-0.05, 0) is 19.1 Å². The van der Waals surface area contributed by atoms with Crippen LogP contribution in [0.3, 0.4) is 0 Å². The molecule has 6 heteroatoms. The van der Waals surface area contributed by atoms with Crippen molar-refractivity contribution in [3.8, 4) is 0 Å². The minimum absolute atomic E-state index is 0.00575. The average molecular weight is 292 g/mol. The zero-order chi connectivity index (χ0) is 14.5. The van der Waals surface area contributed by atoms with Crippen LogP contribution in [0.4, 0.5) is 9.52 Å². The first-order valence-electron chi connectivity index (χ1n) is 6.06. The van der Waals surface area contributed by atoms with Gasteiger partial charge in [-0.3, -0.25) is 9.59 Å². The number of hydrogen-bond acceptors (Lipinski definition) is 4. The summed E-state index contributed by atoms with van der Waals surface area (Å²) in [6.45, 7) is 1.83. The van der Waals surface area contributed by atoms with Crippen LogP contribution in [0.15, 0.2) is 29.6 Å². The summed E-state index contributed by atoms with van der Waals surface area (Å²) in [4.78, 5) is 27.5. The van der Waals surface area contributed by atoms with Crippen molar-refractivity contribution in [1.82, 2.24) is 4.98 Å². The van der Waals surface area contributed by atoms with E-state index in [9.17, 15) is 14.0 Å². The molecule has 0 aliphatic heterocycles. The van der Waals surface area contributed by atoms with Crippen LogP contribution < -0.4 is 5.32 Å². The molecule has 0 fully saturated rings. The second kappa shape index (κ2) is 6.38. The van der Waals surface area contributed by atoms with Crippen LogP contribution in [0.2, 0.25) is 0 Å². The standard InChI is InChI=1S/C14H13FN2O2S/c1-9-8-20-14(16-9)17-13(19)7-6-12(18)10-4-2-3-5-11(10)15/h2-5,8H,6-7H2,1H3,(H,16,17,19). The highest BCUT2D eigenvalue weighted by Crippen LogP contribution is 2.15. The van der Waals surface area contributed by atoms with Crippen molar-refractivity contribution in [2.24, 2.45) is 0 Å². The molecule has 2 aromatic rings. The number of anilines is 1. The van der Waals surface area contributed by atoms with Gasteiger partial charge in [-0.1, -0.05) is 12.1 Å². The lowest BCUT2D eigenvalue weighted by Gasteiger charge is -2.03. The number of aromatic nitrogens is 1. The van der Waals surface area contributed by atoms with Gasteiger partial charge in [-0.2, -0.15) is 0 Å². The van der Waals surface area contributed by atoms with Crippen molar-refractivity contribution in [1.29, 1.82) is 0 Å². The molecule has 0 unspecified atom stereocenters. The van der Waals surface area contributed by atoms with Crippen LogP contribution in [-0.2, 0) is 4.79 Å². The van der Waals surface area contributed by atoms with E-state index in [1.807, 2.05) is 12.3 Å². The smallest absolute Gasteiger partial charge is 0.226 e. The topological polar surface area (TPSA) is 59.1 Å². The molecule has 0 atom stereocenters. The quantitative estimate of drug-likeness (QED) is 0.861. The molecule has 2 rings (SSSR count). The molecule has 1 heterocycles. The Bertz CT molecular complexity index is 640. The van der Waals surface area contributed by atoms with E-state index in [1.54, 1.807) is 6.07 Å². The third-order valence-electron chi connectivity index (χ3n) is 2.62. The molecule has 0 aliphatic rings. The summed E-state index contributed by atoms with van der Waals surface area (Å²) in [5.41, 5.74) is 0.845. The molecular weight excluding hydrogens is 279 g/mol. The predicted octanol–water partition coefficient (Wildman–Crippen LogP) is 3.19. The number of carbonyl (C=O) groups excluding carboxylic acids is 2. The number of nitrogens with one attached hydrogen (secondary N) is 1. The highest BCUT2D eigenvalue weighted by atomic mass is 32.1. The van der Waals surface area contributed by atoms with E-state index in [-0.39, 0.29) is 30.1 Å². The Morgan fingerprint density at radius 3 is 2.70 bits per heavy atom. The highest BCUT2D eigenvalue weighted by Gasteiger charge is 2.13. The fourth-order valence-electron chi connectivity index (χ4n) is 1.64. The van der Waals surface area contributed by atoms with Crippen LogP contribution in [0.1, 0.15) is 28.9 Å². The molecule has 1 aromatic heterocycles. The van der Waals surface area contributed by atoms with Gasteiger partial charge in [0.05, 0.1) is 11.3 Å². The molecule has 0 aliphatic carbocycles. The van der Waals surface area contributed by atoms with Crippen molar-refractivity contribution in [2.75, 3.05) is 5.32 Å². The fraction of sp³-hybridized carbons (Fsp3) is 0.214. The van der Waals surface area contributed by atoms with Gasteiger partial charge < -0.3 is 5.32 Å². The van der Waals surface area contributed by atoms with Crippen molar-refractivity contribution >= 4 is 28.2 Å². The van der Waals surface area contributed by atoms with Gasteiger partial charge in [-0.25, -0.2) is 9.37 Å². The van der Waals surface area contributed by atoms with Crippen molar-refractivity contribution < 1.29 is 14.0 Å². The third kappa shape index (κ3) is 3.71. The Morgan fingerprint density at radius 1 is 1.30 bits per heavy atom. The summed E-state index contributed by atoms with van der Waals surface area (Å²) < 4.78 is 13.4. The minimum atomic E-state index is -0.562. The number of rotatable bonds is 5. The number of aryl methyl sites for hydroxylation is 1. The summed E-state index contributed by atoms with van der Waals surface area (Å²) in [6.07, 6.45) is -0.0249. The van der Waals surface area contributed by atoms with Gasteiger partial charge in [0.1, 0.15) is 5.82 Å². The Balaban J connectivity index is 1.87. The zero-order valence-electron chi connectivity index (χ0n) is 10.9. The van der Waals surface area contributed by atoms with Crippen molar-refractivity contribution in [3.63, 3.8) is 0 Å². The van der Waals surface area contributed by atoms with Gasteiger partial charge in [0.15, 0.2) is 10.9 Å². The van der Waals surface area contributed by atoms with E-state index < -0.39 is 5.82 Å². The van der Waals surface area contributed by atoms with E-state index in [0.29, 0.717) is 5.13 Å². The lowest BCUT2D eigenvalue weighted by Crippen LogP contribution is -2.13. The Morgan fingerprint density at radius 2 is 2.05 bits per heavy atom. The molecule has 0 radical (unpaired) electrons. The van der Waals surface area contributed by atoms with Crippen molar-refractivity contribution in [2.45, 2.75) is 19.8 Å². The molecule has 104 valence electrons. The number of halogens is 1. The van der Waals surface area contributed by atoms with E-state index in [4.69, 9.17) is 0 Å². The summed E-state index contributed by atoms with van der Waals surface area (Å²) in [7, 11) is 0. The first kappa shape index (κ1) is 14.3. The largest absolute Gasteiger partial charge is 0.302 e. The normalized spacial score (nSPS) is 10.3. The molecular formula is C14H13FN2O2S. The van der Waals surface area contributed by atoms with Gasteiger partial charge >= 0.3 is 0 Å². The molecule has 0 bridgehead atoms. The SMILES string of the molecule is Cc1csc(NC(=O)CCC(=O)c2ccccc2F)n1. The lowest BCUT2D eigenvalue weighted by molar-refractivity contribution is -0.116. The van der Waals surface area contributed by atoms with Crippen LogP contribution >= 0.6 is 11.3 Å². The van der Waals surface area contributed by atoms with Crippen LogP contribution in [-0.4, -0.2) is 16.7 Å². The number of hydrogen-bond donors (Lipinski definition) is 1. The number of ketones is 1. The third-order valence-corrected chi connectivity index (χ3v) is 3.49. The number of amides is 1. The molecule has 20 heavy (non-hydrogen) atoms. The second-order valence-corrected chi connectivity index (χ2v) is 5.10. The summed E-state index contributed by atoms with van der Waals surface area (Å²) >= 11 is 1.32. The predicted molar refractivity (Wildman–Crippen MR) is 75.4 cm³/mol. The Hall–Kier alpha value is -2.08. The zero-order valence-corrected chi connectivity index (χ0v) is 11.7. The van der Waals surface area contributed by atoms with Crippen LogP contribution in [0.25, 0.3) is 0 Å². The van der Waals surface area contributed by atoms with Gasteiger partial charge in [0, 0.05) is 18.2 Å². The Kier molecular flexibility index (Phi) is 4.57. The molecule has 4 nitrogen and oxygen atoms in total. The summed E-state index contributed by atoms with van der Waals surface area (Å²) in [5.74, 6) is -1.24. The molecule has 1 amide bonds. The number of nitrogens with zero attached hydrogens (tertiary/aromatic N) is 1. The molecule has 0 saturated carbocycles. The molecule has 0 saturated heterocycles. The van der Waals surface area contributed by atoms with E-state index in [1.165, 1.54) is 29.5 Å². The lowest BCUT2D eigenvalue weighted by atomic mass is 10.1. The van der Waals surface area contributed by atoms with Crippen molar-refractivity contribution in [3.05, 3.63) is 46.7 Å². The van der Waals surface area contributed by atoms with Crippen LogP contribution in [0, 0.1) is 12.7 Å². The first-order valence-corrected chi connectivity index (χ1v) is 6.94.